The molecule has 1 aliphatic rings. The molecule has 0 spiro atoms. The Bertz CT molecular complexity index is 962. The Morgan fingerprint density at radius 3 is 1.84 bits per heavy atom. The number of aliphatic hydroxyl groups is 5. The quantitative estimate of drug-likeness (QED) is 0.0350. The van der Waals surface area contributed by atoms with Gasteiger partial charge in [-0.15, -0.1) is 0 Å². The number of amides is 1. The highest BCUT2D eigenvalue weighted by molar-refractivity contribution is 5.76. The molecular weight excluding hydrogens is 634 g/mol. The average molecular weight is 706 g/mol. The summed E-state index contributed by atoms with van der Waals surface area (Å²) in [6.07, 6.45) is 32.6. The van der Waals surface area contributed by atoms with Crippen LogP contribution in [0.15, 0.2) is 60.8 Å². The smallest absolute Gasteiger partial charge is 0.220 e. The third kappa shape index (κ3) is 22.7. The Balaban J connectivity index is 2.50. The molecule has 7 atom stereocenters. The van der Waals surface area contributed by atoms with Gasteiger partial charge < -0.3 is 40.3 Å². The van der Waals surface area contributed by atoms with Gasteiger partial charge in [-0.2, -0.15) is 0 Å². The lowest BCUT2D eigenvalue weighted by Gasteiger charge is -2.40. The summed E-state index contributed by atoms with van der Waals surface area (Å²) in [5, 5.41) is 53.9. The van der Waals surface area contributed by atoms with Gasteiger partial charge in [-0.25, -0.2) is 0 Å². The van der Waals surface area contributed by atoms with Gasteiger partial charge in [-0.3, -0.25) is 4.79 Å². The van der Waals surface area contributed by atoms with Crippen molar-refractivity contribution in [1.29, 1.82) is 0 Å². The number of allylic oxidation sites excluding steroid dienone is 9. The molecule has 1 heterocycles. The van der Waals surface area contributed by atoms with Crippen molar-refractivity contribution in [3.8, 4) is 0 Å². The fourth-order valence-electron chi connectivity index (χ4n) is 5.67. The first-order chi connectivity index (χ1) is 24.3. The number of carbonyl (C=O) groups excluding carboxylic acids is 1. The van der Waals surface area contributed by atoms with E-state index < -0.39 is 49.5 Å². The predicted molar refractivity (Wildman–Crippen MR) is 202 cm³/mol. The highest BCUT2D eigenvalue weighted by Crippen LogP contribution is 2.22. The number of unbranched alkanes of at least 4 members (excludes halogenated alkanes) is 12. The lowest BCUT2D eigenvalue weighted by atomic mass is 9.99. The van der Waals surface area contributed by atoms with Crippen LogP contribution in [-0.4, -0.2) is 87.5 Å². The third-order valence-electron chi connectivity index (χ3n) is 8.85. The predicted octanol–water partition coefficient (Wildman–Crippen LogP) is 6.88. The molecule has 9 heteroatoms. The van der Waals surface area contributed by atoms with Gasteiger partial charge in [0.15, 0.2) is 6.29 Å². The number of aliphatic hydroxyl groups excluding tert-OH is 5. The van der Waals surface area contributed by atoms with Crippen molar-refractivity contribution in [2.75, 3.05) is 13.2 Å². The molecule has 288 valence electrons. The monoisotopic (exact) mass is 706 g/mol. The van der Waals surface area contributed by atoms with Gasteiger partial charge in [0.05, 0.1) is 25.4 Å². The van der Waals surface area contributed by atoms with E-state index >= 15 is 0 Å². The van der Waals surface area contributed by atoms with Crippen molar-refractivity contribution in [2.45, 2.75) is 179 Å². The molecular formula is C41H71NO8. The highest BCUT2D eigenvalue weighted by Gasteiger charge is 2.44. The van der Waals surface area contributed by atoms with E-state index in [0.29, 0.717) is 12.8 Å². The van der Waals surface area contributed by atoms with E-state index in [1.807, 2.05) is 6.08 Å². The molecule has 6 N–H and O–H groups in total. The van der Waals surface area contributed by atoms with Gasteiger partial charge in [-0.1, -0.05) is 132 Å². The summed E-state index contributed by atoms with van der Waals surface area (Å²) in [5.74, 6) is -0.223. The first-order valence-corrected chi connectivity index (χ1v) is 19.5. The number of hydrogen-bond donors (Lipinski definition) is 6. The lowest BCUT2D eigenvalue weighted by molar-refractivity contribution is -0.302. The van der Waals surface area contributed by atoms with Crippen LogP contribution >= 0.6 is 0 Å². The van der Waals surface area contributed by atoms with E-state index in [2.05, 4.69) is 67.8 Å². The van der Waals surface area contributed by atoms with Crippen molar-refractivity contribution < 1.29 is 39.8 Å². The minimum absolute atomic E-state index is 0.208. The second-order valence-electron chi connectivity index (χ2n) is 13.3. The van der Waals surface area contributed by atoms with Gasteiger partial charge >= 0.3 is 0 Å². The summed E-state index contributed by atoms with van der Waals surface area (Å²) in [6.45, 7) is 3.58. The molecule has 0 aliphatic carbocycles. The van der Waals surface area contributed by atoms with Crippen molar-refractivity contribution >= 4 is 5.91 Å². The van der Waals surface area contributed by atoms with Gasteiger partial charge in [0.1, 0.15) is 24.4 Å². The fraction of sp³-hybridized carbons (Fsp3) is 0.732. The van der Waals surface area contributed by atoms with Crippen LogP contribution in [-0.2, 0) is 14.3 Å². The van der Waals surface area contributed by atoms with E-state index in [1.54, 1.807) is 6.08 Å². The summed E-state index contributed by atoms with van der Waals surface area (Å²) in [6, 6.07) is -0.826. The molecule has 0 radical (unpaired) electrons. The summed E-state index contributed by atoms with van der Waals surface area (Å²) in [5.41, 5.74) is 0. The maximum Gasteiger partial charge on any atom is 0.220 e. The van der Waals surface area contributed by atoms with Crippen molar-refractivity contribution in [3.05, 3.63) is 60.8 Å². The summed E-state index contributed by atoms with van der Waals surface area (Å²) >= 11 is 0. The minimum Gasteiger partial charge on any atom is -0.394 e. The molecule has 1 aliphatic heterocycles. The number of rotatable bonds is 30. The molecule has 0 bridgehead atoms. The Labute approximate surface area is 303 Å². The summed E-state index contributed by atoms with van der Waals surface area (Å²) in [4.78, 5) is 12.9. The molecule has 1 amide bonds. The van der Waals surface area contributed by atoms with E-state index in [9.17, 15) is 30.3 Å². The molecule has 1 rings (SSSR count). The molecule has 50 heavy (non-hydrogen) atoms. The first kappa shape index (κ1) is 45.9. The van der Waals surface area contributed by atoms with Gasteiger partial charge in [0, 0.05) is 6.42 Å². The zero-order chi connectivity index (χ0) is 36.7. The molecule has 9 nitrogen and oxygen atoms in total. The van der Waals surface area contributed by atoms with E-state index in [0.717, 1.165) is 57.8 Å². The Morgan fingerprint density at radius 1 is 0.700 bits per heavy atom. The second kappa shape index (κ2) is 31.6. The van der Waals surface area contributed by atoms with Gasteiger partial charge in [0.25, 0.3) is 0 Å². The van der Waals surface area contributed by atoms with E-state index in [4.69, 9.17) is 9.47 Å². The summed E-state index contributed by atoms with van der Waals surface area (Å²) in [7, 11) is 0. The van der Waals surface area contributed by atoms with E-state index in [-0.39, 0.29) is 12.5 Å². The highest BCUT2D eigenvalue weighted by atomic mass is 16.7. The Kier molecular flexibility index (Phi) is 29.0. The number of carbonyl (C=O) groups is 1. The van der Waals surface area contributed by atoms with Crippen LogP contribution in [0.2, 0.25) is 0 Å². The topological polar surface area (TPSA) is 149 Å². The number of ether oxygens (including phenoxy) is 2. The van der Waals surface area contributed by atoms with Crippen LogP contribution in [0.3, 0.4) is 0 Å². The molecule has 0 aromatic heterocycles. The van der Waals surface area contributed by atoms with Crippen LogP contribution < -0.4 is 5.32 Å². The van der Waals surface area contributed by atoms with Crippen LogP contribution in [0.25, 0.3) is 0 Å². The van der Waals surface area contributed by atoms with Crippen molar-refractivity contribution in [1.82, 2.24) is 5.32 Å². The SMILES string of the molecule is CC/C=C\C/C=C\C/C=C\C/C=C\CCCCC(=O)NC(COC1OC(CO)C(O)C(O)C1O)C(O)/C=C/CCCCCCCCCCCC. The first-order valence-electron chi connectivity index (χ1n) is 19.5. The number of nitrogens with one attached hydrogen (secondary N) is 1. The maximum absolute atomic E-state index is 12.9. The third-order valence-corrected chi connectivity index (χ3v) is 8.85. The minimum atomic E-state index is -1.57. The number of hydrogen-bond acceptors (Lipinski definition) is 8. The Morgan fingerprint density at radius 2 is 1.24 bits per heavy atom. The molecule has 0 aromatic rings. The van der Waals surface area contributed by atoms with Gasteiger partial charge in [-0.05, 0) is 57.8 Å². The zero-order valence-corrected chi connectivity index (χ0v) is 31.1. The van der Waals surface area contributed by atoms with Crippen molar-refractivity contribution in [2.24, 2.45) is 0 Å². The molecule has 0 aromatic carbocycles. The van der Waals surface area contributed by atoms with E-state index in [1.165, 1.54) is 51.4 Å². The molecule has 1 fully saturated rings. The molecule has 1 saturated heterocycles. The standard InChI is InChI=1S/C41H71NO8/c1-3-5-7-9-11-13-15-17-18-19-21-23-25-27-29-31-37(45)42-34(33-49-41-40(48)39(47)38(46)36(32-43)50-41)35(44)30-28-26-24-22-20-16-14-12-10-8-6-4-2/h5,7,11,13,17-18,21,23,28,30,34-36,38-41,43-44,46-48H,3-4,6,8-10,12,14-16,19-20,22,24-27,29,31-33H2,1-2H3,(H,42,45)/b7-5-,13-11-,18-17-,23-21-,30-28+. The van der Waals surface area contributed by atoms with Crippen molar-refractivity contribution in [3.63, 3.8) is 0 Å². The maximum atomic E-state index is 12.9. The molecule has 0 saturated carbocycles. The second-order valence-corrected chi connectivity index (χ2v) is 13.3. The Hall–Kier alpha value is -2.11. The van der Waals surface area contributed by atoms with Crippen LogP contribution in [0.1, 0.15) is 136 Å². The largest absolute Gasteiger partial charge is 0.394 e. The van der Waals surface area contributed by atoms with Gasteiger partial charge in [0.2, 0.25) is 5.91 Å². The van der Waals surface area contributed by atoms with Crippen LogP contribution in [0.4, 0.5) is 0 Å². The van der Waals surface area contributed by atoms with Crippen LogP contribution in [0, 0.1) is 0 Å². The fourth-order valence-corrected chi connectivity index (χ4v) is 5.67. The molecule has 7 unspecified atom stereocenters. The van der Waals surface area contributed by atoms with Crippen LogP contribution in [0.5, 0.6) is 0 Å². The average Bonchev–Trinajstić information content (AvgIpc) is 3.11. The summed E-state index contributed by atoms with van der Waals surface area (Å²) < 4.78 is 11.1. The normalized spacial score (nSPS) is 22.9. The zero-order valence-electron chi connectivity index (χ0n) is 31.1. The lowest BCUT2D eigenvalue weighted by Crippen LogP contribution is -2.60.